The SMILES string of the molecule is O=C(/C=C/c1cccc(Cl)c1Cl)NCc1nc(-c2ccncc2)no1. The third-order valence-electron chi connectivity index (χ3n) is 3.22. The second kappa shape index (κ2) is 7.92. The van der Waals surface area contributed by atoms with E-state index in [4.69, 9.17) is 27.7 Å². The van der Waals surface area contributed by atoms with Crippen molar-refractivity contribution in [3.63, 3.8) is 0 Å². The van der Waals surface area contributed by atoms with E-state index in [9.17, 15) is 4.79 Å². The molecule has 8 heteroatoms. The second-order valence-corrected chi connectivity index (χ2v) is 5.73. The molecular formula is C17H12Cl2N4O2. The van der Waals surface area contributed by atoms with Gasteiger partial charge in [0.05, 0.1) is 16.6 Å². The number of benzene rings is 1. The van der Waals surface area contributed by atoms with E-state index in [2.05, 4.69) is 20.4 Å². The number of hydrogen-bond acceptors (Lipinski definition) is 5. The molecule has 1 N–H and O–H groups in total. The van der Waals surface area contributed by atoms with Crippen molar-refractivity contribution in [2.45, 2.75) is 6.54 Å². The van der Waals surface area contributed by atoms with Crippen LogP contribution >= 0.6 is 23.2 Å². The molecule has 3 aromatic rings. The van der Waals surface area contributed by atoms with Crippen molar-refractivity contribution in [1.29, 1.82) is 0 Å². The van der Waals surface area contributed by atoms with Gasteiger partial charge in [-0.15, -0.1) is 0 Å². The number of amides is 1. The van der Waals surface area contributed by atoms with E-state index in [1.807, 2.05) is 0 Å². The van der Waals surface area contributed by atoms with E-state index >= 15 is 0 Å². The van der Waals surface area contributed by atoms with Crippen molar-refractivity contribution in [1.82, 2.24) is 20.4 Å². The Kier molecular flexibility index (Phi) is 5.42. The maximum atomic E-state index is 11.9. The van der Waals surface area contributed by atoms with Crippen LogP contribution in [-0.4, -0.2) is 21.0 Å². The van der Waals surface area contributed by atoms with Gasteiger partial charge in [0.2, 0.25) is 17.6 Å². The molecule has 2 heterocycles. The summed E-state index contributed by atoms with van der Waals surface area (Å²) in [5, 5.41) is 7.35. The third kappa shape index (κ3) is 4.43. The highest BCUT2D eigenvalue weighted by Gasteiger charge is 2.09. The molecule has 0 fully saturated rings. The Morgan fingerprint density at radius 2 is 2.00 bits per heavy atom. The molecule has 25 heavy (non-hydrogen) atoms. The molecule has 0 unspecified atom stereocenters. The van der Waals surface area contributed by atoms with Gasteiger partial charge in [-0.2, -0.15) is 4.98 Å². The van der Waals surface area contributed by atoms with Gasteiger partial charge in [0.15, 0.2) is 0 Å². The summed E-state index contributed by atoms with van der Waals surface area (Å²) in [5.41, 5.74) is 1.44. The predicted octanol–water partition coefficient (Wildman–Crippen LogP) is 3.77. The smallest absolute Gasteiger partial charge is 0.246 e. The van der Waals surface area contributed by atoms with E-state index in [1.165, 1.54) is 6.08 Å². The normalized spacial score (nSPS) is 11.0. The molecule has 0 saturated carbocycles. The molecule has 6 nitrogen and oxygen atoms in total. The summed E-state index contributed by atoms with van der Waals surface area (Å²) < 4.78 is 5.11. The summed E-state index contributed by atoms with van der Waals surface area (Å²) in [4.78, 5) is 20.0. The van der Waals surface area contributed by atoms with Gasteiger partial charge < -0.3 is 9.84 Å². The van der Waals surface area contributed by atoms with Crippen LogP contribution in [0.5, 0.6) is 0 Å². The first-order valence-electron chi connectivity index (χ1n) is 7.26. The van der Waals surface area contributed by atoms with Crippen molar-refractivity contribution in [3.8, 4) is 11.4 Å². The summed E-state index contributed by atoms with van der Waals surface area (Å²) in [6.07, 6.45) is 6.22. The van der Waals surface area contributed by atoms with Gasteiger partial charge >= 0.3 is 0 Å². The quantitative estimate of drug-likeness (QED) is 0.687. The fourth-order valence-electron chi connectivity index (χ4n) is 1.98. The molecule has 1 amide bonds. The number of halogens is 2. The zero-order valence-corrected chi connectivity index (χ0v) is 14.3. The lowest BCUT2D eigenvalue weighted by Crippen LogP contribution is -2.20. The topological polar surface area (TPSA) is 80.9 Å². The highest BCUT2D eigenvalue weighted by atomic mass is 35.5. The van der Waals surface area contributed by atoms with Crippen molar-refractivity contribution < 1.29 is 9.32 Å². The largest absolute Gasteiger partial charge is 0.343 e. The van der Waals surface area contributed by atoms with Gasteiger partial charge in [0, 0.05) is 24.0 Å². The van der Waals surface area contributed by atoms with Crippen molar-refractivity contribution in [2.24, 2.45) is 0 Å². The van der Waals surface area contributed by atoms with Crippen LogP contribution in [0.25, 0.3) is 17.5 Å². The Labute approximate surface area is 153 Å². The predicted molar refractivity (Wildman–Crippen MR) is 94.9 cm³/mol. The van der Waals surface area contributed by atoms with E-state index in [0.29, 0.717) is 27.3 Å². The zero-order chi connectivity index (χ0) is 17.6. The molecule has 0 bridgehead atoms. The Morgan fingerprint density at radius 3 is 2.80 bits per heavy atom. The molecule has 0 saturated heterocycles. The molecule has 3 rings (SSSR count). The van der Waals surface area contributed by atoms with Gasteiger partial charge in [-0.1, -0.05) is 40.5 Å². The van der Waals surface area contributed by atoms with E-state index in [0.717, 1.165) is 5.56 Å². The summed E-state index contributed by atoms with van der Waals surface area (Å²) in [5.74, 6) is 0.418. The molecule has 0 spiro atoms. The minimum Gasteiger partial charge on any atom is -0.343 e. The Balaban J connectivity index is 1.59. The lowest BCUT2D eigenvalue weighted by atomic mass is 10.2. The zero-order valence-electron chi connectivity index (χ0n) is 12.8. The summed E-state index contributed by atoms with van der Waals surface area (Å²) in [6.45, 7) is 0.116. The van der Waals surface area contributed by atoms with Crippen molar-refractivity contribution >= 4 is 35.2 Å². The van der Waals surface area contributed by atoms with Crippen LogP contribution in [0.4, 0.5) is 0 Å². The fraction of sp³-hybridized carbons (Fsp3) is 0.0588. The number of hydrogen-bond donors (Lipinski definition) is 1. The average Bonchev–Trinajstić information content (AvgIpc) is 3.11. The number of carbonyl (C=O) groups is 1. The molecule has 126 valence electrons. The van der Waals surface area contributed by atoms with Gasteiger partial charge in [0.1, 0.15) is 0 Å². The first-order valence-corrected chi connectivity index (χ1v) is 8.02. The molecule has 0 atom stereocenters. The number of aromatic nitrogens is 3. The van der Waals surface area contributed by atoms with E-state index in [1.54, 1.807) is 48.8 Å². The molecule has 0 radical (unpaired) electrons. The Hall–Kier alpha value is -2.70. The number of nitrogens with zero attached hydrogens (tertiary/aromatic N) is 3. The van der Waals surface area contributed by atoms with Crippen molar-refractivity contribution in [3.05, 3.63) is 70.3 Å². The summed E-state index contributed by atoms with van der Waals surface area (Å²) in [6, 6.07) is 8.73. The number of carbonyl (C=O) groups excluding carboxylic acids is 1. The number of nitrogens with one attached hydrogen (secondary N) is 1. The molecule has 0 aliphatic heterocycles. The van der Waals surface area contributed by atoms with E-state index in [-0.39, 0.29) is 12.5 Å². The molecule has 1 aromatic carbocycles. The highest BCUT2D eigenvalue weighted by molar-refractivity contribution is 6.42. The molecule has 0 aliphatic rings. The summed E-state index contributed by atoms with van der Waals surface area (Å²) in [7, 11) is 0. The third-order valence-corrected chi connectivity index (χ3v) is 4.05. The van der Waals surface area contributed by atoms with E-state index < -0.39 is 0 Å². The maximum Gasteiger partial charge on any atom is 0.246 e. The van der Waals surface area contributed by atoms with Crippen LogP contribution in [0.1, 0.15) is 11.5 Å². The minimum atomic E-state index is -0.320. The van der Waals surface area contributed by atoms with Crippen LogP contribution in [-0.2, 0) is 11.3 Å². The fourth-order valence-corrected chi connectivity index (χ4v) is 2.35. The van der Waals surface area contributed by atoms with Gasteiger partial charge in [-0.3, -0.25) is 9.78 Å². The van der Waals surface area contributed by atoms with Gasteiger partial charge in [0.25, 0.3) is 0 Å². The van der Waals surface area contributed by atoms with Crippen LogP contribution in [0, 0.1) is 0 Å². The second-order valence-electron chi connectivity index (χ2n) is 4.94. The highest BCUT2D eigenvalue weighted by Crippen LogP contribution is 2.26. The monoisotopic (exact) mass is 374 g/mol. The lowest BCUT2D eigenvalue weighted by Gasteiger charge is -2.00. The summed E-state index contributed by atoms with van der Waals surface area (Å²) >= 11 is 12.0. The maximum absolute atomic E-state index is 11.9. The average molecular weight is 375 g/mol. The number of pyridine rings is 1. The Morgan fingerprint density at radius 1 is 1.20 bits per heavy atom. The minimum absolute atomic E-state index is 0.116. The molecule has 2 aromatic heterocycles. The van der Waals surface area contributed by atoms with Crippen LogP contribution in [0.15, 0.2) is 53.3 Å². The first-order chi connectivity index (χ1) is 12.1. The lowest BCUT2D eigenvalue weighted by molar-refractivity contribution is -0.116. The van der Waals surface area contributed by atoms with Gasteiger partial charge in [-0.25, -0.2) is 0 Å². The van der Waals surface area contributed by atoms with Crippen LogP contribution < -0.4 is 5.32 Å². The standard InChI is InChI=1S/C17H12Cl2N4O2/c18-13-3-1-2-11(16(13)19)4-5-14(24)21-10-15-22-17(23-25-15)12-6-8-20-9-7-12/h1-9H,10H2,(H,21,24)/b5-4+. The van der Waals surface area contributed by atoms with Crippen molar-refractivity contribution in [2.75, 3.05) is 0 Å². The number of rotatable bonds is 5. The molecular weight excluding hydrogens is 363 g/mol. The van der Waals surface area contributed by atoms with Crippen LogP contribution in [0.3, 0.4) is 0 Å². The van der Waals surface area contributed by atoms with Gasteiger partial charge in [-0.05, 0) is 29.8 Å². The first kappa shape index (κ1) is 17.1. The van der Waals surface area contributed by atoms with Crippen LogP contribution in [0.2, 0.25) is 10.0 Å². The Bertz CT molecular complexity index is 910. The molecule has 0 aliphatic carbocycles.